The van der Waals surface area contributed by atoms with Crippen LogP contribution in [0.15, 0.2) is 53.9 Å². The SMILES string of the molecule is COc1ccc(C(C(=O)NCC2CCCO2)N(C(=O)CNC(=O)c2cccs2)c2cccc(C)c2C)cc1OC. The van der Waals surface area contributed by atoms with Crippen LogP contribution in [0, 0.1) is 13.8 Å². The van der Waals surface area contributed by atoms with E-state index in [0.717, 1.165) is 24.0 Å². The molecule has 3 amide bonds. The van der Waals surface area contributed by atoms with Crippen LogP contribution in [0.25, 0.3) is 0 Å². The van der Waals surface area contributed by atoms with Gasteiger partial charge in [0, 0.05) is 18.8 Å². The van der Waals surface area contributed by atoms with Crippen LogP contribution in [0.1, 0.15) is 45.2 Å². The van der Waals surface area contributed by atoms with Crippen molar-refractivity contribution in [3.8, 4) is 11.5 Å². The van der Waals surface area contributed by atoms with E-state index in [1.54, 1.807) is 35.7 Å². The summed E-state index contributed by atoms with van der Waals surface area (Å²) >= 11 is 1.29. The standard InChI is InChI=1S/C30H35N3O6S/c1-19-8-5-10-23(20(19)2)33(27(34)18-32-29(35)26-11-7-15-40-26)28(30(36)31-17-22-9-6-14-39-22)21-12-13-24(37-3)25(16-21)38-4/h5,7-8,10-13,15-16,22,28H,6,9,14,17-18H2,1-4H3,(H,31,36)(H,32,35). The highest BCUT2D eigenvalue weighted by molar-refractivity contribution is 7.12. The Bertz CT molecular complexity index is 1340. The quantitative estimate of drug-likeness (QED) is 0.361. The second-order valence-electron chi connectivity index (χ2n) is 9.54. The van der Waals surface area contributed by atoms with Gasteiger partial charge in [-0.15, -0.1) is 11.3 Å². The molecule has 0 saturated carbocycles. The van der Waals surface area contributed by atoms with Gasteiger partial charge < -0.3 is 24.8 Å². The van der Waals surface area contributed by atoms with Crippen LogP contribution in [-0.2, 0) is 14.3 Å². The average molecular weight is 566 g/mol. The minimum atomic E-state index is -1.06. The number of benzene rings is 2. The van der Waals surface area contributed by atoms with Gasteiger partial charge >= 0.3 is 0 Å². The zero-order valence-corrected chi connectivity index (χ0v) is 24.0. The highest BCUT2D eigenvalue weighted by atomic mass is 32.1. The first-order chi connectivity index (χ1) is 19.3. The number of anilines is 1. The first-order valence-electron chi connectivity index (χ1n) is 13.1. The number of nitrogens with zero attached hydrogens (tertiary/aromatic N) is 1. The molecule has 1 aliphatic heterocycles. The summed E-state index contributed by atoms with van der Waals surface area (Å²) in [6.45, 7) is 4.55. The first-order valence-corrected chi connectivity index (χ1v) is 14.0. The van der Waals surface area contributed by atoms with Crippen molar-refractivity contribution in [3.63, 3.8) is 0 Å². The fourth-order valence-electron chi connectivity index (χ4n) is 4.71. The lowest BCUT2D eigenvalue weighted by molar-refractivity contribution is -0.126. The zero-order valence-electron chi connectivity index (χ0n) is 23.2. The van der Waals surface area contributed by atoms with E-state index >= 15 is 0 Å². The van der Waals surface area contributed by atoms with Crippen molar-refractivity contribution in [1.82, 2.24) is 10.6 Å². The number of rotatable bonds is 11. The number of hydrogen-bond acceptors (Lipinski definition) is 7. The largest absolute Gasteiger partial charge is 0.493 e. The van der Waals surface area contributed by atoms with Crippen LogP contribution < -0.4 is 25.0 Å². The zero-order chi connectivity index (χ0) is 28.6. The molecule has 0 spiro atoms. The van der Waals surface area contributed by atoms with Gasteiger partial charge in [0.2, 0.25) is 11.8 Å². The molecule has 10 heteroatoms. The molecule has 0 bridgehead atoms. The van der Waals surface area contributed by atoms with Gasteiger partial charge in [0.25, 0.3) is 5.91 Å². The van der Waals surface area contributed by atoms with Gasteiger partial charge in [0.15, 0.2) is 11.5 Å². The van der Waals surface area contributed by atoms with E-state index in [4.69, 9.17) is 14.2 Å². The number of nitrogens with one attached hydrogen (secondary N) is 2. The highest BCUT2D eigenvalue weighted by Crippen LogP contribution is 2.36. The van der Waals surface area contributed by atoms with Crippen molar-refractivity contribution < 1.29 is 28.6 Å². The normalized spacial score (nSPS) is 15.2. The summed E-state index contributed by atoms with van der Waals surface area (Å²) in [5.74, 6) is -0.240. The Hall–Kier alpha value is -3.89. The molecule has 0 radical (unpaired) electrons. The third kappa shape index (κ3) is 6.63. The second-order valence-corrected chi connectivity index (χ2v) is 10.5. The van der Waals surface area contributed by atoms with Crippen molar-refractivity contribution in [2.24, 2.45) is 0 Å². The molecule has 2 heterocycles. The van der Waals surface area contributed by atoms with E-state index in [2.05, 4.69) is 10.6 Å². The van der Waals surface area contributed by atoms with Gasteiger partial charge in [-0.05, 0) is 73.0 Å². The molecule has 1 fully saturated rings. The number of carbonyl (C=O) groups excluding carboxylic acids is 3. The summed E-state index contributed by atoms with van der Waals surface area (Å²) in [4.78, 5) is 42.6. The average Bonchev–Trinajstić information content (AvgIpc) is 3.70. The van der Waals surface area contributed by atoms with Crippen LogP contribution in [0.5, 0.6) is 11.5 Å². The number of hydrogen-bond donors (Lipinski definition) is 2. The van der Waals surface area contributed by atoms with Crippen molar-refractivity contribution >= 4 is 34.7 Å². The van der Waals surface area contributed by atoms with E-state index in [1.165, 1.54) is 30.5 Å². The lowest BCUT2D eigenvalue weighted by Crippen LogP contribution is -2.48. The van der Waals surface area contributed by atoms with Crippen LogP contribution >= 0.6 is 11.3 Å². The number of thiophene rings is 1. The van der Waals surface area contributed by atoms with E-state index in [1.807, 2.05) is 32.0 Å². The molecule has 2 aromatic carbocycles. The maximum atomic E-state index is 14.0. The van der Waals surface area contributed by atoms with Crippen LogP contribution in [0.3, 0.4) is 0 Å². The Morgan fingerprint density at radius 1 is 1.05 bits per heavy atom. The van der Waals surface area contributed by atoms with Crippen molar-refractivity contribution in [1.29, 1.82) is 0 Å². The van der Waals surface area contributed by atoms with Gasteiger partial charge in [-0.1, -0.05) is 24.3 Å². The summed E-state index contributed by atoms with van der Waals surface area (Å²) < 4.78 is 16.6. The van der Waals surface area contributed by atoms with Gasteiger partial charge in [0.1, 0.15) is 6.04 Å². The Morgan fingerprint density at radius 2 is 1.85 bits per heavy atom. The highest BCUT2D eigenvalue weighted by Gasteiger charge is 2.35. The second kappa shape index (κ2) is 13.5. The molecule has 2 N–H and O–H groups in total. The first kappa shape index (κ1) is 29.1. The third-order valence-electron chi connectivity index (χ3n) is 7.01. The molecular formula is C30H35N3O6S. The summed E-state index contributed by atoms with van der Waals surface area (Å²) in [7, 11) is 3.05. The number of ether oxygens (including phenoxy) is 3. The molecule has 2 unspecified atom stereocenters. The molecule has 0 aliphatic carbocycles. The van der Waals surface area contributed by atoms with Gasteiger partial charge in [-0.3, -0.25) is 19.3 Å². The molecular weight excluding hydrogens is 530 g/mol. The fraction of sp³-hybridized carbons (Fsp3) is 0.367. The van der Waals surface area contributed by atoms with Crippen molar-refractivity contribution in [2.75, 3.05) is 38.8 Å². The predicted molar refractivity (Wildman–Crippen MR) is 154 cm³/mol. The molecule has 2 atom stereocenters. The fourth-order valence-corrected chi connectivity index (χ4v) is 5.35. The molecule has 1 saturated heterocycles. The monoisotopic (exact) mass is 565 g/mol. The van der Waals surface area contributed by atoms with E-state index in [-0.39, 0.29) is 24.5 Å². The third-order valence-corrected chi connectivity index (χ3v) is 7.88. The van der Waals surface area contributed by atoms with Gasteiger partial charge in [-0.2, -0.15) is 0 Å². The topological polar surface area (TPSA) is 106 Å². The lowest BCUT2D eigenvalue weighted by atomic mass is 9.99. The summed E-state index contributed by atoms with van der Waals surface area (Å²) in [5.41, 5.74) is 2.91. The van der Waals surface area contributed by atoms with Crippen LogP contribution in [0.4, 0.5) is 5.69 Å². The Morgan fingerprint density at radius 3 is 2.52 bits per heavy atom. The molecule has 1 aromatic heterocycles. The molecule has 3 aromatic rings. The summed E-state index contributed by atoms with van der Waals surface area (Å²) in [6.07, 6.45) is 1.72. The predicted octanol–water partition coefficient (Wildman–Crippen LogP) is 4.18. The van der Waals surface area contributed by atoms with Crippen LogP contribution in [0.2, 0.25) is 0 Å². The Labute approximate surface area is 238 Å². The maximum Gasteiger partial charge on any atom is 0.261 e. The number of methoxy groups -OCH3 is 2. The summed E-state index contributed by atoms with van der Waals surface area (Å²) in [5, 5.41) is 7.51. The van der Waals surface area contributed by atoms with Crippen LogP contribution in [-0.4, -0.2) is 57.7 Å². The Balaban J connectivity index is 1.75. The molecule has 1 aliphatic rings. The summed E-state index contributed by atoms with van der Waals surface area (Å²) in [6, 6.07) is 13.2. The molecule has 4 rings (SSSR count). The minimum absolute atomic E-state index is 0.0788. The number of aryl methyl sites for hydroxylation is 1. The smallest absolute Gasteiger partial charge is 0.261 e. The van der Waals surface area contributed by atoms with E-state index in [0.29, 0.717) is 40.8 Å². The van der Waals surface area contributed by atoms with Crippen molar-refractivity contribution in [3.05, 3.63) is 75.5 Å². The molecule has 9 nitrogen and oxygen atoms in total. The lowest BCUT2D eigenvalue weighted by Gasteiger charge is -2.33. The Kier molecular flexibility index (Phi) is 9.79. The number of carbonyl (C=O) groups is 3. The van der Waals surface area contributed by atoms with E-state index in [9.17, 15) is 14.4 Å². The molecule has 212 valence electrons. The maximum absolute atomic E-state index is 14.0. The van der Waals surface area contributed by atoms with Crippen molar-refractivity contribution in [2.45, 2.75) is 38.8 Å². The number of amides is 3. The van der Waals surface area contributed by atoms with E-state index < -0.39 is 11.9 Å². The minimum Gasteiger partial charge on any atom is -0.493 e. The van der Waals surface area contributed by atoms with Gasteiger partial charge in [0.05, 0.1) is 31.7 Å². The molecule has 40 heavy (non-hydrogen) atoms. The van der Waals surface area contributed by atoms with Gasteiger partial charge in [-0.25, -0.2) is 0 Å².